The third kappa shape index (κ3) is 2.91. The van der Waals surface area contributed by atoms with E-state index in [0.29, 0.717) is 0 Å². The Balaban J connectivity index is 2.85. The summed E-state index contributed by atoms with van der Waals surface area (Å²) in [5.41, 5.74) is 1.13. The quantitative estimate of drug-likeness (QED) is 0.629. The van der Waals surface area contributed by atoms with Crippen LogP contribution in [0.1, 0.15) is 5.56 Å². The lowest BCUT2D eigenvalue weighted by Crippen LogP contribution is -1.83. The standard InChI is InChI=1S/C10H11IO2/c1-12-7-10(11)8-3-5-9(13-2)6-4-8/h3-7H,1-2H3/b10-7-. The van der Waals surface area contributed by atoms with E-state index in [-0.39, 0.29) is 0 Å². The molecule has 0 N–H and O–H groups in total. The molecule has 0 spiro atoms. The molecule has 0 aliphatic heterocycles. The molecule has 0 saturated heterocycles. The third-order valence-electron chi connectivity index (χ3n) is 1.59. The second-order valence-corrected chi connectivity index (χ2v) is 3.59. The van der Waals surface area contributed by atoms with Crippen molar-refractivity contribution in [2.75, 3.05) is 14.2 Å². The first kappa shape index (κ1) is 10.4. The van der Waals surface area contributed by atoms with Crippen LogP contribution >= 0.6 is 22.6 Å². The average Bonchev–Trinajstić information content (AvgIpc) is 2.18. The molecule has 0 bridgehead atoms. The molecule has 0 saturated carbocycles. The Morgan fingerprint density at radius 3 is 2.31 bits per heavy atom. The van der Waals surface area contributed by atoms with Crippen LogP contribution in [0.2, 0.25) is 0 Å². The zero-order valence-electron chi connectivity index (χ0n) is 7.58. The van der Waals surface area contributed by atoms with Crippen LogP contribution in [0, 0.1) is 0 Å². The average molecular weight is 290 g/mol. The van der Waals surface area contributed by atoms with Gasteiger partial charge in [-0.05, 0) is 40.3 Å². The highest BCUT2D eigenvalue weighted by molar-refractivity contribution is 14.1. The molecule has 0 unspecified atom stereocenters. The summed E-state index contributed by atoms with van der Waals surface area (Å²) in [5.74, 6) is 0.866. The van der Waals surface area contributed by atoms with Gasteiger partial charge >= 0.3 is 0 Å². The zero-order valence-corrected chi connectivity index (χ0v) is 9.74. The number of ether oxygens (including phenoxy) is 2. The Kier molecular flexibility index (Phi) is 4.08. The van der Waals surface area contributed by atoms with E-state index in [0.717, 1.165) is 14.9 Å². The van der Waals surface area contributed by atoms with E-state index in [9.17, 15) is 0 Å². The monoisotopic (exact) mass is 290 g/mol. The fourth-order valence-corrected chi connectivity index (χ4v) is 1.54. The Bertz CT molecular complexity index is 290. The van der Waals surface area contributed by atoms with E-state index in [1.54, 1.807) is 20.5 Å². The molecule has 3 heteroatoms. The molecule has 0 amide bonds. The summed E-state index contributed by atoms with van der Waals surface area (Å²) in [6.07, 6.45) is 1.71. The Hall–Kier alpha value is -0.710. The molecule has 1 aromatic rings. The van der Waals surface area contributed by atoms with Crippen molar-refractivity contribution in [3.63, 3.8) is 0 Å². The number of methoxy groups -OCH3 is 2. The van der Waals surface area contributed by atoms with Gasteiger partial charge < -0.3 is 9.47 Å². The van der Waals surface area contributed by atoms with E-state index < -0.39 is 0 Å². The minimum Gasteiger partial charge on any atom is -0.503 e. The summed E-state index contributed by atoms with van der Waals surface area (Å²) in [6, 6.07) is 7.85. The van der Waals surface area contributed by atoms with Crippen molar-refractivity contribution in [1.29, 1.82) is 0 Å². The minimum atomic E-state index is 0.866. The maximum Gasteiger partial charge on any atom is 0.118 e. The molecule has 1 aromatic carbocycles. The van der Waals surface area contributed by atoms with Crippen LogP contribution < -0.4 is 4.74 Å². The number of halogens is 1. The first-order chi connectivity index (χ1) is 6.27. The van der Waals surface area contributed by atoms with Crippen molar-refractivity contribution in [3.8, 4) is 5.75 Å². The highest BCUT2D eigenvalue weighted by Gasteiger charge is 1.97. The Labute approximate surface area is 91.7 Å². The van der Waals surface area contributed by atoms with Crippen molar-refractivity contribution < 1.29 is 9.47 Å². The Morgan fingerprint density at radius 2 is 1.85 bits per heavy atom. The van der Waals surface area contributed by atoms with Gasteiger partial charge in [-0.15, -0.1) is 0 Å². The minimum absolute atomic E-state index is 0.866. The van der Waals surface area contributed by atoms with Crippen LogP contribution in [0.4, 0.5) is 0 Å². The van der Waals surface area contributed by atoms with Crippen molar-refractivity contribution in [2.24, 2.45) is 0 Å². The van der Waals surface area contributed by atoms with Crippen molar-refractivity contribution in [3.05, 3.63) is 36.1 Å². The van der Waals surface area contributed by atoms with E-state index in [2.05, 4.69) is 22.6 Å². The summed E-state index contributed by atoms with van der Waals surface area (Å²) in [6.45, 7) is 0. The lowest BCUT2D eigenvalue weighted by Gasteiger charge is -2.01. The van der Waals surface area contributed by atoms with Crippen LogP contribution in [0.25, 0.3) is 3.58 Å². The van der Waals surface area contributed by atoms with E-state index in [1.807, 2.05) is 24.3 Å². The van der Waals surface area contributed by atoms with Gasteiger partial charge in [0.15, 0.2) is 0 Å². The molecule has 70 valence electrons. The summed E-state index contributed by atoms with van der Waals surface area (Å²) in [7, 11) is 3.30. The van der Waals surface area contributed by atoms with Gasteiger partial charge in [0.05, 0.1) is 24.1 Å². The maximum absolute atomic E-state index is 5.06. The molecule has 0 atom stereocenters. The summed E-state index contributed by atoms with van der Waals surface area (Å²) < 4.78 is 11.0. The van der Waals surface area contributed by atoms with Crippen LogP contribution in [0.15, 0.2) is 30.5 Å². The van der Waals surface area contributed by atoms with Crippen LogP contribution in [0.3, 0.4) is 0 Å². The molecule has 2 nitrogen and oxygen atoms in total. The van der Waals surface area contributed by atoms with Crippen molar-refractivity contribution in [2.45, 2.75) is 0 Å². The SMILES string of the molecule is CO/C=C(\I)c1ccc(OC)cc1. The first-order valence-electron chi connectivity index (χ1n) is 3.81. The second-order valence-electron chi connectivity index (χ2n) is 2.43. The predicted octanol–water partition coefficient (Wildman–Crippen LogP) is 3.08. The lowest BCUT2D eigenvalue weighted by molar-refractivity contribution is 0.341. The molecule has 0 aliphatic rings. The third-order valence-corrected chi connectivity index (χ3v) is 2.46. The number of rotatable bonds is 3. The van der Waals surface area contributed by atoms with Crippen LogP contribution in [-0.2, 0) is 4.74 Å². The van der Waals surface area contributed by atoms with Crippen molar-refractivity contribution in [1.82, 2.24) is 0 Å². The molecule has 0 aromatic heterocycles. The summed E-state index contributed by atoms with van der Waals surface area (Å²) >= 11 is 2.23. The van der Waals surface area contributed by atoms with Crippen LogP contribution in [-0.4, -0.2) is 14.2 Å². The zero-order chi connectivity index (χ0) is 9.68. The van der Waals surface area contributed by atoms with E-state index in [4.69, 9.17) is 9.47 Å². The topological polar surface area (TPSA) is 18.5 Å². The highest BCUT2D eigenvalue weighted by Crippen LogP contribution is 2.23. The number of hydrogen-bond acceptors (Lipinski definition) is 2. The number of hydrogen-bond donors (Lipinski definition) is 0. The maximum atomic E-state index is 5.06. The second kappa shape index (κ2) is 5.11. The molecule has 0 radical (unpaired) electrons. The smallest absolute Gasteiger partial charge is 0.118 e. The van der Waals surface area contributed by atoms with Crippen LogP contribution in [0.5, 0.6) is 5.75 Å². The molecular weight excluding hydrogens is 279 g/mol. The molecule has 13 heavy (non-hydrogen) atoms. The van der Waals surface area contributed by atoms with Gasteiger partial charge in [-0.2, -0.15) is 0 Å². The molecular formula is C10H11IO2. The highest BCUT2D eigenvalue weighted by atomic mass is 127. The fraction of sp³-hybridized carbons (Fsp3) is 0.200. The van der Waals surface area contributed by atoms with Gasteiger partial charge in [-0.1, -0.05) is 12.1 Å². The van der Waals surface area contributed by atoms with Gasteiger partial charge in [0.25, 0.3) is 0 Å². The molecule has 1 rings (SSSR count). The largest absolute Gasteiger partial charge is 0.503 e. The van der Waals surface area contributed by atoms with Gasteiger partial charge in [0.2, 0.25) is 0 Å². The van der Waals surface area contributed by atoms with Gasteiger partial charge in [-0.25, -0.2) is 0 Å². The fourth-order valence-electron chi connectivity index (χ4n) is 0.922. The molecule has 0 fully saturated rings. The van der Waals surface area contributed by atoms with E-state index in [1.165, 1.54) is 0 Å². The first-order valence-corrected chi connectivity index (χ1v) is 4.88. The van der Waals surface area contributed by atoms with E-state index >= 15 is 0 Å². The molecule has 0 aliphatic carbocycles. The lowest BCUT2D eigenvalue weighted by atomic mass is 10.2. The number of benzene rings is 1. The Morgan fingerprint density at radius 1 is 1.23 bits per heavy atom. The molecule has 0 heterocycles. The normalized spacial score (nSPS) is 11.2. The predicted molar refractivity (Wildman–Crippen MR) is 62.0 cm³/mol. The van der Waals surface area contributed by atoms with Gasteiger partial charge in [-0.3, -0.25) is 0 Å². The summed E-state index contributed by atoms with van der Waals surface area (Å²) in [5, 5.41) is 0. The summed E-state index contributed by atoms with van der Waals surface area (Å²) in [4.78, 5) is 0. The van der Waals surface area contributed by atoms with Crippen molar-refractivity contribution >= 4 is 26.2 Å². The van der Waals surface area contributed by atoms with Gasteiger partial charge in [0, 0.05) is 0 Å². The van der Waals surface area contributed by atoms with Gasteiger partial charge in [0.1, 0.15) is 5.75 Å².